The number of rotatable bonds is 4. The van der Waals surface area contributed by atoms with E-state index in [1.807, 2.05) is 0 Å². The molecule has 0 amide bonds. The van der Waals surface area contributed by atoms with Crippen molar-refractivity contribution < 1.29 is 5.11 Å². The summed E-state index contributed by atoms with van der Waals surface area (Å²) in [5, 5.41) is 12.8. The summed E-state index contributed by atoms with van der Waals surface area (Å²) in [5.41, 5.74) is 0. The number of aliphatic hydroxyl groups excluding tert-OH is 1. The summed E-state index contributed by atoms with van der Waals surface area (Å²) in [6.07, 6.45) is 2.42. The van der Waals surface area contributed by atoms with E-state index >= 15 is 0 Å². The molecule has 90 valence electrons. The monoisotopic (exact) mass is 214 g/mol. The molecule has 1 rings (SSSR count). The molecule has 3 heteroatoms. The maximum absolute atomic E-state index is 9.36. The summed E-state index contributed by atoms with van der Waals surface area (Å²) in [5.74, 6) is 0.748. The van der Waals surface area contributed by atoms with Crippen LogP contribution in [0.3, 0.4) is 0 Å². The lowest BCUT2D eigenvalue weighted by molar-refractivity contribution is 0.127. The lowest BCUT2D eigenvalue weighted by Gasteiger charge is -2.28. The largest absolute Gasteiger partial charge is 0.395 e. The standard InChI is InChI=1S/C12H26N2O/c1-10(2)4-6-14-7-5-11(3)13-8-12(14)9-15/h10-13,15H,4-9H2,1-3H3. The van der Waals surface area contributed by atoms with Gasteiger partial charge in [-0.1, -0.05) is 13.8 Å². The number of hydrogen-bond donors (Lipinski definition) is 2. The van der Waals surface area contributed by atoms with Crippen molar-refractivity contribution in [1.29, 1.82) is 0 Å². The van der Waals surface area contributed by atoms with E-state index in [-0.39, 0.29) is 6.61 Å². The van der Waals surface area contributed by atoms with Crippen LogP contribution in [0.4, 0.5) is 0 Å². The molecule has 15 heavy (non-hydrogen) atoms. The Balaban J connectivity index is 2.42. The average molecular weight is 214 g/mol. The molecule has 3 nitrogen and oxygen atoms in total. The van der Waals surface area contributed by atoms with Gasteiger partial charge in [0.05, 0.1) is 6.61 Å². The molecule has 2 unspecified atom stereocenters. The van der Waals surface area contributed by atoms with E-state index in [0.717, 1.165) is 25.6 Å². The molecule has 1 fully saturated rings. The molecule has 0 radical (unpaired) electrons. The van der Waals surface area contributed by atoms with Crippen LogP contribution < -0.4 is 5.32 Å². The molecule has 0 saturated carbocycles. The predicted molar refractivity (Wildman–Crippen MR) is 64.0 cm³/mol. The second-order valence-corrected chi connectivity index (χ2v) is 5.15. The Bertz CT molecular complexity index is 173. The average Bonchev–Trinajstić information content (AvgIpc) is 2.37. The van der Waals surface area contributed by atoms with Gasteiger partial charge in [-0.3, -0.25) is 4.90 Å². The first-order valence-corrected chi connectivity index (χ1v) is 6.21. The quantitative estimate of drug-likeness (QED) is 0.735. The Morgan fingerprint density at radius 2 is 2.20 bits per heavy atom. The van der Waals surface area contributed by atoms with E-state index in [0.29, 0.717) is 12.1 Å². The predicted octanol–water partition coefficient (Wildman–Crippen LogP) is 1.08. The number of nitrogens with one attached hydrogen (secondary N) is 1. The summed E-state index contributed by atoms with van der Waals surface area (Å²) in [4.78, 5) is 2.44. The SMILES string of the molecule is CC(C)CCN1CCC(C)NCC1CO. The molecule has 2 atom stereocenters. The summed E-state index contributed by atoms with van der Waals surface area (Å²) in [6.45, 7) is 10.2. The summed E-state index contributed by atoms with van der Waals surface area (Å²) < 4.78 is 0. The molecular formula is C12H26N2O. The molecule has 1 aliphatic rings. The zero-order valence-electron chi connectivity index (χ0n) is 10.4. The van der Waals surface area contributed by atoms with Crippen LogP contribution in [0.15, 0.2) is 0 Å². The summed E-state index contributed by atoms with van der Waals surface area (Å²) >= 11 is 0. The molecule has 0 spiro atoms. The molecular weight excluding hydrogens is 188 g/mol. The smallest absolute Gasteiger partial charge is 0.0599 e. The highest BCUT2D eigenvalue weighted by molar-refractivity contribution is 4.80. The van der Waals surface area contributed by atoms with Gasteiger partial charge >= 0.3 is 0 Å². The lowest BCUT2D eigenvalue weighted by atomic mass is 10.1. The van der Waals surface area contributed by atoms with E-state index in [2.05, 4.69) is 31.0 Å². The Morgan fingerprint density at radius 1 is 1.47 bits per heavy atom. The Morgan fingerprint density at radius 3 is 2.80 bits per heavy atom. The van der Waals surface area contributed by atoms with Crippen molar-refractivity contribution in [1.82, 2.24) is 10.2 Å². The van der Waals surface area contributed by atoms with Crippen LogP contribution in [0.5, 0.6) is 0 Å². The number of hydrogen-bond acceptors (Lipinski definition) is 3. The van der Waals surface area contributed by atoms with Crippen LogP contribution in [-0.4, -0.2) is 48.3 Å². The third kappa shape index (κ3) is 4.49. The molecule has 0 aliphatic carbocycles. The van der Waals surface area contributed by atoms with Crippen molar-refractivity contribution in [3.8, 4) is 0 Å². The highest BCUT2D eigenvalue weighted by Crippen LogP contribution is 2.10. The molecule has 2 N–H and O–H groups in total. The molecule has 0 aromatic rings. The Labute approximate surface area is 93.9 Å². The van der Waals surface area contributed by atoms with Crippen molar-refractivity contribution in [3.05, 3.63) is 0 Å². The van der Waals surface area contributed by atoms with E-state index in [4.69, 9.17) is 0 Å². The molecule has 0 aromatic heterocycles. The van der Waals surface area contributed by atoms with E-state index in [1.165, 1.54) is 12.8 Å². The van der Waals surface area contributed by atoms with Crippen molar-refractivity contribution in [2.45, 2.75) is 45.7 Å². The topological polar surface area (TPSA) is 35.5 Å². The third-order valence-electron chi connectivity index (χ3n) is 3.27. The zero-order valence-corrected chi connectivity index (χ0v) is 10.4. The highest BCUT2D eigenvalue weighted by Gasteiger charge is 2.22. The molecule has 1 saturated heterocycles. The first-order valence-electron chi connectivity index (χ1n) is 6.21. The fraction of sp³-hybridized carbons (Fsp3) is 1.00. The first-order chi connectivity index (χ1) is 7.13. The molecule has 0 bridgehead atoms. The van der Waals surface area contributed by atoms with Crippen LogP contribution in [0, 0.1) is 5.92 Å². The van der Waals surface area contributed by atoms with Crippen LogP contribution in [-0.2, 0) is 0 Å². The fourth-order valence-electron chi connectivity index (χ4n) is 2.01. The van der Waals surface area contributed by atoms with Crippen molar-refractivity contribution >= 4 is 0 Å². The maximum Gasteiger partial charge on any atom is 0.0599 e. The van der Waals surface area contributed by atoms with Gasteiger partial charge in [0.2, 0.25) is 0 Å². The molecule has 1 aliphatic heterocycles. The van der Waals surface area contributed by atoms with E-state index < -0.39 is 0 Å². The van der Waals surface area contributed by atoms with Crippen LogP contribution in [0.1, 0.15) is 33.6 Å². The van der Waals surface area contributed by atoms with Crippen molar-refractivity contribution in [3.63, 3.8) is 0 Å². The van der Waals surface area contributed by atoms with Crippen LogP contribution >= 0.6 is 0 Å². The van der Waals surface area contributed by atoms with E-state index in [9.17, 15) is 5.11 Å². The zero-order chi connectivity index (χ0) is 11.3. The lowest BCUT2D eigenvalue weighted by Crippen LogP contribution is -2.43. The summed E-state index contributed by atoms with van der Waals surface area (Å²) in [7, 11) is 0. The van der Waals surface area contributed by atoms with Gasteiger partial charge in [0.25, 0.3) is 0 Å². The van der Waals surface area contributed by atoms with Crippen molar-refractivity contribution in [2.75, 3.05) is 26.2 Å². The fourth-order valence-corrected chi connectivity index (χ4v) is 2.01. The minimum atomic E-state index is 0.276. The minimum Gasteiger partial charge on any atom is -0.395 e. The second kappa shape index (κ2) is 6.46. The second-order valence-electron chi connectivity index (χ2n) is 5.15. The van der Waals surface area contributed by atoms with Gasteiger partial charge in [-0.15, -0.1) is 0 Å². The van der Waals surface area contributed by atoms with Crippen LogP contribution in [0.25, 0.3) is 0 Å². The van der Waals surface area contributed by atoms with Crippen LogP contribution in [0.2, 0.25) is 0 Å². The highest BCUT2D eigenvalue weighted by atomic mass is 16.3. The Kier molecular flexibility index (Phi) is 5.58. The summed E-state index contributed by atoms with van der Waals surface area (Å²) in [6, 6.07) is 0.900. The van der Waals surface area contributed by atoms with Gasteiger partial charge in [0.1, 0.15) is 0 Å². The van der Waals surface area contributed by atoms with Crippen molar-refractivity contribution in [2.24, 2.45) is 5.92 Å². The number of nitrogens with zero attached hydrogens (tertiary/aromatic N) is 1. The third-order valence-corrected chi connectivity index (χ3v) is 3.27. The normalized spacial score (nSPS) is 29.4. The maximum atomic E-state index is 9.36. The number of aliphatic hydroxyl groups is 1. The molecule has 1 heterocycles. The van der Waals surface area contributed by atoms with E-state index in [1.54, 1.807) is 0 Å². The van der Waals surface area contributed by atoms with Gasteiger partial charge < -0.3 is 10.4 Å². The molecule has 0 aromatic carbocycles. The van der Waals surface area contributed by atoms with Gasteiger partial charge in [0.15, 0.2) is 0 Å². The van der Waals surface area contributed by atoms with Gasteiger partial charge in [0, 0.05) is 25.2 Å². The Hall–Kier alpha value is -0.120. The first kappa shape index (κ1) is 12.9. The van der Waals surface area contributed by atoms with Gasteiger partial charge in [-0.25, -0.2) is 0 Å². The van der Waals surface area contributed by atoms with Gasteiger partial charge in [-0.05, 0) is 32.2 Å². The minimum absolute atomic E-state index is 0.276. The van der Waals surface area contributed by atoms with Gasteiger partial charge in [-0.2, -0.15) is 0 Å².